The van der Waals surface area contributed by atoms with Crippen LogP contribution in [-0.2, 0) is 17.9 Å². The predicted molar refractivity (Wildman–Crippen MR) is 142 cm³/mol. The number of aliphatic hydroxyl groups is 1. The molecule has 200 valence electrons. The van der Waals surface area contributed by atoms with E-state index in [1.165, 1.54) is 6.07 Å². The molecular weight excluding hydrogens is 546 g/mol. The molecule has 1 amide bonds. The number of ether oxygens (including phenoxy) is 1. The summed E-state index contributed by atoms with van der Waals surface area (Å²) in [5.74, 6) is -1.03. The third-order valence-corrected chi connectivity index (χ3v) is 7.18. The van der Waals surface area contributed by atoms with Gasteiger partial charge in [-0.2, -0.15) is 0 Å². The van der Waals surface area contributed by atoms with E-state index in [1.54, 1.807) is 17.6 Å². The average molecular weight is 579 g/mol. The van der Waals surface area contributed by atoms with Gasteiger partial charge in [0.05, 0.1) is 6.10 Å². The first-order valence-electron chi connectivity index (χ1n) is 12.5. The van der Waals surface area contributed by atoms with Crippen molar-refractivity contribution in [3.05, 3.63) is 85.8 Å². The van der Waals surface area contributed by atoms with Gasteiger partial charge in [0.25, 0.3) is 5.56 Å². The highest BCUT2D eigenvalue weighted by Crippen LogP contribution is 2.24. The van der Waals surface area contributed by atoms with Gasteiger partial charge in [-0.25, -0.2) is 8.78 Å². The number of amides is 1. The third kappa shape index (κ3) is 7.85. The van der Waals surface area contributed by atoms with Gasteiger partial charge >= 0.3 is 0 Å². The summed E-state index contributed by atoms with van der Waals surface area (Å²) in [6, 6.07) is 4.97. The fourth-order valence-electron chi connectivity index (χ4n) is 4.22. The van der Waals surface area contributed by atoms with Gasteiger partial charge in [0.15, 0.2) is 0 Å². The first kappa shape index (κ1) is 28.8. The number of aliphatic hydroxyl groups excluding tert-OH is 1. The van der Waals surface area contributed by atoms with E-state index >= 15 is 0 Å². The van der Waals surface area contributed by atoms with Crippen LogP contribution in [0.4, 0.5) is 8.78 Å². The van der Waals surface area contributed by atoms with E-state index in [0.717, 1.165) is 17.7 Å². The van der Waals surface area contributed by atoms with Crippen LogP contribution < -0.4 is 10.3 Å². The van der Waals surface area contributed by atoms with Crippen LogP contribution in [0.5, 0.6) is 5.75 Å². The molecule has 0 atom stereocenters. The van der Waals surface area contributed by atoms with Crippen molar-refractivity contribution in [3.8, 4) is 5.75 Å². The highest BCUT2D eigenvalue weighted by Gasteiger charge is 2.23. The van der Waals surface area contributed by atoms with Gasteiger partial charge < -0.3 is 19.3 Å². The van der Waals surface area contributed by atoms with Crippen molar-refractivity contribution in [1.82, 2.24) is 9.47 Å². The lowest BCUT2D eigenvalue weighted by molar-refractivity contribution is -0.129. The molecule has 1 aliphatic rings. The molecule has 0 saturated carbocycles. The van der Waals surface area contributed by atoms with E-state index in [1.807, 2.05) is 30.1 Å². The van der Waals surface area contributed by atoms with Crippen LogP contribution in [0.3, 0.4) is 0 Å². The number of carbonyl (C=O) groups excluding carboxylic acids is 1. The molecule has 2 aromatic rings. The lowest BCUT2D eigenvalue weighted by Crippen LogP contribution is -2.40. The number of allylic oxidation sites excluding steroid dienone is 3. The number of carbonyl (C=O) groups is 1. The molecule has 1 saturated heterocycles. The number of aromatic nitrogens is 1. The number of benzene rings is 1. The maximum atomic E-state index is 13.9. The Morgan fingerprint density at radius 1 is 1.19 bits per heavy atom. The standard InChI is InChI=1S/C28H33BrF2N2O4/c1-3-20(27(35)32-14-11-23(34)12-15-32)8-6-4-5-7-13-33-19(2)16-25(26(29)28(33)36)37-18-21-9-10-22(30)17-24(21)31/h3-5,9-10,16-17,23,34H,6-8,11-15,18H2,1-2H3/b5-4-,20-3+. The normalized spacial score (nSPS) is 15.0. The summed E-state index contributed by atoms with van der Waals surface area (Å²) in [5, 5.41) is 9.64. The van der Waals surface area contributed by atoms with Gasteiger partial charge in [-0.1, -0.05) is 18.2 Å². The van der Waals surface area contributed by atoms with E-state index in [2.05, 4.69) is 15.9 Å². The molecule has 0 bridgehead atoms. The Hall–Kier alpha value is -2.78. The summed E-state index contributed by atoms with van der Waals surface area (Å²) < 4.78 is 34.5. The average Bonchev–Trinajstić information content (AvgIpc) is 2.87. The topological polar surface area (TPSA) is 71.8 Å². The van der Waals surface area contributed by atoms with Crippen LogP contribution in [0.25, 0.3) is 0 Å². The summed E-state index contributed by atoms with van der Waals surface area (Å²) in [6.07, 6.45) is 8.79. The van der Waals surface area contributed by atoms with Crippen molar-refractivity contribution in [1.29, 1.82) is 0 Å². The lowest BCUT2D eigenvalue weighted by atomic mass is 10.0. The molecule has 0 radical (unpaired) electrons. The Kier molecular flexibility index (Phi) is 10.6. The molecular formula is C28H33BrF2N2O4. The number of halogens is 3. The predicted octanol–water partition coefficient (Wildman–Crippen LogP) is 5.43. The third-order valence-electron chi connectivity index (χ3n) is 6.45. The van der Waals surface area contributed by atoms with Gasteiger partial charge in [-0.3, -0.25) is 9.59 Å². The first-order chi connectivity index (χ1) is 17.7. The highest BCUT2D eigenvalue weighted by atomic mass is 79.9. The van der Waals surface area contributed by atoms with Crippen molar-refractivity contribution >= 4 is 21.8 Å². The number of likely N-dealkylation sites (tertiary alicyclic amines) is 1. The van der Waals surface area contributed by atoms with Gasteiger partial charge in [-0.15, -0.1) is 0 Å². The van der Waals surface area contributed by atoms with Crippen LogP contribution in [-0.4, -0.2) is 39.7 Å². The molecule has 0 spiro atoms. The van der Waals surface area contributed by atoms with Crippen molar-refractivity contribution in [3.63, 3.8) is 0 Å². The van der Waals surface area contributed by atoms with Gasteiger partial charge in [0, 0.05) is 48.6 Å². The zero-order chi connectivity index (χ0) is 26.9. The second-order valence-electron chi connectivity index (χ2n) is 9.08. The Morgan fingerprint density at radius 3 is 2.57 bits per heavy atom. The zero-order valence-electron chi connectivity index (χ0n) is 21.2. The van der Waals surface area contributed by atoms with Crippen LogP contribution in [0.2, 0.25) is 0 Å². The van der Waals surface area contributed by atoms with Gasteiger partial charge in [0.2, 0.25) is 5.91 Å². The van der Waals surface area contributed by atoms with Crippen molar-refractivity contribution in [2.75, 3.05) is 13.1 Å². The number of piperidine rings is 1. The SMILES string of the molecule is C/C=C(\CC/C=C\CCn1c(C)cc(OCc2ccc(F)cc2F)c(Br)c1=O)C(=O)N1CCC(O)CC1. The Labute approximate surface area is 224 Å². The lowest BCUT2D eigenvalue weighted by Gasteiger charge is -2.30. The highest BCUT2D eigenvalue weighted by molar-refractivity contribution is 9.10. The second-order valence-corrected chi connectivity index (χ2v) is 9.87. The summed E-state index contributed by atoms with van der Waals surface area (Å²) in [5.41, 5.74) is 1.41. The number of aryl methyl sites for hydroxylation is 1. The molecule has 1 aromatic heterocycles. The van der Waals surface area contributed by atoms with E-state index in [-0.39, 0.29) is 34.2 Å². The number of hydrogen-bond donors (Lipinski definition) is 1. The Bertz CT molecular complexity index is 1220. The fraction of sp³-hybridized carbons (Fsp3) is 0.429. The smallest absolute Gasteiger partial charge is 0.268 e. The van der Waals surface area contributed by atoms with Gasteiger partial charge in [-0.05, 0) is 74.0 Å². The fourth-order valence-corrected chi connectivity index (χ4v) is 4.66. The molecule has 37 heavy (non-hydrogen) atoms. The van der Waals surface area contributed by atoms with Crippen molar-refractivity contribution in [2.45, 2.75) is 65.2 Å². The van der Waals surface area contributed by atoms with Crippen molar-refractivity contribution in [2.24, 2.45) is 0 Å². The molecule has 6 nitrogen and oxygen atoms in total. The van der Waals surface area contributed by atoms with Crippen molar-refractivity contribution < 1.29 is 23.4 Å². The molecule has 1 aromatic carbocycles. The van der Waals surface area contributed by atoms with Crippen LogP contribution in [0.1, 0.15) is 50.3 Å². The van der Waals surface area contributed by atoms with E-state index in [9.17, 15) is 23.5 Å². The van der Waals surface area contributed by atoms with E-state index in [4.69, 9.17) is 4.74 Å². The summed E-state index contributed by atoms with van der Waals surface area (Å²) in [7, 11) is 0. The summed E-state index contributed by atoms with van der Waals surface area (Å²) in [4.78, 5) is 27.4. The molecule has 9 heteroatoms. The number of nitrogens with zero attached hydrogens (tertiary/aromatic N) is 2. The molecule has 0 unspecified atom stereocenters. The summed E-state index contributed by atoms with van der Waals surface area (Å²) >= 11 is 3.29. The Balaban J connectivity index is 1.51. The minimum atomic E-state index is -0.703. The zero-order valence-corrected chi connectivity index (χ0v) is 22.8. The van der Waals surface area contributed by atoms with E-state index < -0.39 is 11.6 Å². The number of rotatable bonds is 10. The minimum Gasteiger partial charge on any atom is -0.487 e. The molecule has 3 rings (SSSR count). The van der Waals surface area contributed by atoms with E-state index in [0.29, 0.717) is 63.2 Å². The van der Waals surface area contributed by atoms with Gasteiger partial charge in [0.1, 0.15) is 28.5 Å². The quantitative estimate of drug-likeness (QED) is 0.301. The Morgan fingerprint density at radius 2 is 1.89 bits per heavy atom. The molecule has 2 heterocycles. The largest absolute Gasteiger partial charge is 0.487 e. The van der Waals surface area contributed by atoms with Crippen LogP contribution in [0.15, 0.2) is 57.3 Å². The molecule has 1 aliphatic heterocycles. The molecule has 1 fully saturated rings. The maximum Gasteiger partial charge on any atom is 0.268 e. The first-order valence-corrected chi connectivity index (χ1v) is 13.2. The number of hydrogen-bond acceptors (Lipinski definition) is 4. The van der Waals surface area contributed by atoms with Crippen LogP contribution >= 0.6 is 15.9 Å². The van der Waals surface area contributed by atoms with Crippen LogP contribution in [0, 0.1) is 18.6 Å². The molecule has 0 aliphatic carbocycles. The number of pyridine rings is 1. The molecule has 1 N–H and O–H groups in total. The minimum absolute atomic E-state index is 0.0410. The monoisotopic (exact) mass is 578 g/mol. The summed E-state index contributed by atoms with van der Waals surface area (Å²) in [6.45, 7) is 5.18. The second kappa shape index (κ2) is 13.7. The maximum absolute atomic E-state index is 13.9.